The summed E-state index contributed by atoms with van der Waals surface area (Å²) in [4.78, 5) is 17.3. The molecule has 1 amide bonds. The number of hydrogen-bond acceptors (Lipinski definition) is 3. The second-order valence-corrected chi connectivity index (χ2v) is 9.83. The third-order valence-corrected chi connectivity index (χ3v) is 8.07. The number of alkyl halides is 3. The number of rotatable bonds is 5. The van der Waals surface area contributed by atoms with Gasteiger partial charge in [-0.15, -0.1) is 0 Å². The van der Waals surface area contributed by atoms with Gasteiger partial charge >= 0.3 is 6.18 Å². The molecular weight excluding hydrogens is 391 g/mol. The highest BCUT2D eigenvalue weighted by molar-refractivity contribution is 5.84. The quantitative estimate of drug-likeness (QED) is 0.786. The van der Waals surface area contributed by atoms with Gasteiger partial charge in [0, 0.05) is 45.0 Å². The first-order valence-corrected chi connectivity index (χ1v) is 11.3. The van der Waals surface area contributed by atoms with Crippen molar-refractivity contribution in [2.24, 2.45) is 23.2 Å². The van der Waals surface area contributed by atoms with E-state index in [2.05, 4.69) is 10.2 Å². The lowest BCUT2D eigenvalue weighted by Crippen LogP contribution is -2.50. The normalized spacial score (nSPS) is 33.3. The van der Waals surface area contributed by atoms with Gasteiger partial charge in [-0.2, -0.15) is 13.2 Å². The molecule has 1 heterocycles. The van der Waals surface area contributed by atoms with Crippen LogP contribution in [0.25, 0.3) is 0 Å². The summed E-state index contributed by atoms with van der Waals surface area (Å²) in [6.45, 7) is 4.45. The topological polar surface area (TPSA) is 35.6 Å². The molecule has 2 unspecified atom stereocenters. The maximum absolute atomic E-state index is 13.0. The summed E-state index contributed by atoms with van der Waals surface area (Å²) in [6, 6.07) is 5.57. The zero-order chi connectivity index (χ0) is 20.9. The van der Waals surface area contributed by atoms with Crippen molar-refractivity contribution in [3.63, 3.8) is 0 Å². The number of piperazine rings is 1. The monoisotopic (exact) mass is 421 g/mol. The molecule has 4 aliphatic carbocycles. The Labute approximate surface area is 175 Å². The van der Waals surface area contributed by atoms with Crippen molar-refractivity contribution < 1.29 is 18.0 Å². The molecule has 164 valence electrons. The SMILES string of the molecule is O=C(NCCN1CCN(c2cccc(C(F)(F)F)c2)CC1)C12C[C@@H]3CC1C[C@@H](C3)C2. The van der Waals surface area contributed by atoms with E-state index in [1.54, 1.807) is 6.07 Å². The Morgan fingerprint density at radius 1 is 1.07 bits per heavy atom. The third-order valence-electron chi connectivity index (χ3n) is 8.07. The van der Waals surface area contributed by atoms with Crippen molar-refractivity contribution in [1.82, 2.24) is 10.2 Å². The molecule has 1 N–H and O–H groups in total. The molecule has 4 bridgehead atoms. The summed E-state index contributed by atoms with van der Waals surface area (Å²) in [6.07, 6.45) is 1.71. The van der Waals surface area contributed by atoms with Crippen LogP contribution in [0.2, 0.25) is 0 Å². The minimum absolute atomic E-state index is 0.0736. The summed E-state index contributed by atoms with van der Waals surface area (Å²) in [5.41, 5.74) is -0.0429. The summed E-state index contributed by atoms with van der Waals surface area (Å²) in [5.74, 6) is 2.44. The predicted molar refractivity (Wildman–Crippen MR) is 109 cm³/mol. The predicted octanol–water partition coefficient (Wildman–Crippen LogP) is 3.77. The molecule has 5 aliphatic rings. The average Bonchev–Trinajstić information content (AvgIpc) is 3.13. The molecular formula is C23H30F3N3O. The fraction of sp³-hybridized carbons (Fsp3) is 0.696. The first kappa shape index (κ1) is 20.2. The number of amides is 1. The third kappa shape index (κ3) is 3.59. The maximum Gasteiger partial charge on any atom is 0.416 e. The summed E-state index contributed by atoms with van der Waals surface area (Å²) >= 11 is 0. The molecule has 0 spiro atoms. The fourth-order valence-electron chi connectivity index (χ4n) is 6.78. The van der Waals surface area contributed by atoms with E-state index in [4.69, 9.17) is 0 Å². The first-order valence-electron chi connectivity index (χ1n) is 11.3. The van der Waals surface area contributed by atoms with Crippen molar-refractivity contribution in [1.29, 1.82) is 0 Å². The minimum atomic E-state index is -4.31. The van der Waals surface area contributed by atoms with Crippen molar-refractivity contribution in [3.05, 3.63) is 29.8 Å². The number of hydrogen-bond donors (Lipinski definition) is 1. The van der Waals surface area contributed by atoms with Crippen LogP contribution < -0.4 is 10.2 Å². The molecule has 0 aromatic heterocycles. The molecule has 5 fully saturated rings. The van der Waals surface area contributed by atoms with Crippen LogP contribution in [0.15, 0.2) is 24.3 Å². The Kier molecular flexibility index (Phi) is 4.99. The Hall–Kier alpha value is -1.76. The van der Waals surface area contributed by atoms with E-state index in [9.17, 15) is 18.0 Å². The number of halogens is 3. The lowest BCUT2D eigenvalue weighted by molar-refractivity contribution is -0.137. The van der Waals surface area contributed by atoms with E-state index < -0.39 is 11.7 Å². The van der Waals surface area contributed by atoms with Crippen molar-refractivity contribution in [3.8, 4) is 0 Å². The molecule has 0 radical (unpaired) electrons. The molecule has 6 rings (SSSR count). The van der Waals surface area contributed by atoms with Crippen LogP contribution in [-0.2, 0) is 11.0 Å². The van der Waals surface area contributed by atoms with Crippen LogP contribution in [0.1, 0.15) is 37.7 Å². The molecule has 1 aliphatic heterocycles. The zero-order valence-corrected chi connectivity index (χ0v) is 17.3. The van der Waals surface area contributed by atoms with Crippen LogP contribution >= 0.6 is 0 Å². The lowest BCUT2D eigenvalue weighted by Gasteiger charge is -2.36. The minimum Gasteiger partial charge on any atom is -0.369 e. The van der Waals surface area contributed by atoms with E-state index in [1.165, 1.54) is 31.4 Å². The Balaban J connectivity index is 1.09. The number of nitrogens with one attached hydrogen (secondary N) is 1. The molecule has 4 nitrogen and oxygen atoms in total. The number of benzene rings is 1. The summed E-state index contributed by atoms with van der Waals surface area (Å²) < 4.78 is 38.9. The largest absolute Gasteiger partial charge is 0.416 e. The molecule has 30 heavy (non-hydrogen) atoms. The van der Waals surface area contributed by atoms with Crippen LogP contribution in [-0.4, -0.2) is 50.1 Å². The number of carbonyl (C=O) groups excluding carboxylic acids is 1. The number of anilines is 1. The van der Waals surface area contributed by atoms with Gasteiger partial charge in [-0.3, -0.25) is 9.69 Å². The van der Waals surface area contributed by atoms with Gasteiger partial charge < -0.3 is 10.2 Å². The van der Waals surface area contributed by atoms with Crippen LogP contribution in [0.4, 0.5) is 18.9 Å². The van der Waals surface area contributed by atoms with Gasteiger partial charge in [0.2, 0.25) is 5.91 Å². The Morgan fingerprint density at radius 3 is 2.43 bits per heavy atom. The highest BCUT2D eigenvalue weighted by Gasteiger charge is 2.61. The van der Waals surface area contributed by atoms with E-state index in [-0.39, 0.29) is 11.3 Å². The van der Waals surface area contributed by atoms with Crippen molar-refractivity contribution >= 4 is 11.6 Å². The van der Waals surface area contributed by atoms with Gasteiger partial charge in [-0.05, 0) is 68.1 Å². The lowest BCUT2D eigenvalue weighted by atomic mass is 9.75. The molecule has 4 saturated carbocycles. The van der Waals surface area contributed by atoms with E-state index in [0.29, 0.717) is 31.2 Å². The molecule has 1 saturated heterocycles. The zero-order valence-electron chi connectivity index (χ0n) is 17.3. The highest BCUT2D eigenvalue weighted by Crippen LogP contribution is 2.65. The van der Waals surface area contributed by atoms with Crippen LogP contribution in [0.5, 0.6) is 0 Å². The van der Waals surface area contributed by atoms with Crippen molar-refractivity contribution in [2.45, 2.75) is 38.3 Å². The Morgan fingerprint density at radius 2 is 1.77 bits per heavy atom. The second kappa shape index (κ2) is 7.43. The number of nitrogens with zero attached hydrogens (tertiary/aromatic N) is 2. The van der Waals surface area contributed by atoms with Gasteiger partial charge in [0.1, 0.15) is 0 Å². The van der Waals surface area contributed by atoms with Gasteiger partial charge in [0.15, 0.2) is 0 Å². The van der Waals surface area contributed by atoms with Crippen LogP contribution in [0.3, 0.4) is 0 Å². The average molecular weight is 422 g/mol. The van der Waals surface area contributed by atoms with Gasteiger partial charge in [0.05, 0.1) is 11.0 Å². The summed E-state index contributed by atoms with van der Waals surface area (Å²) in [5, 5.41) is 3.22. The first-order chi connectivity index (χ1) is 14.3. The van der Waals surface area contributed by atoms with E-state index >= 15 is 0 Å². The molecule has 1 aromatic rings. The summed E-state index contributed by atoms with van der Waals surface area (Å²) in [7, 11) is 0. The van der Waals surface area contributed by atoms with Gasteiger partial charge in [-0.1, -0.05) is 6.07 Å². The molecule has 4 atom stereocenters. The second-order valence-electron chi connectivity index (χ2n) is 9.83. The fourth-order valence-corrected chi connectivity index (χ4v) is 6.78. The molecule has 1 aromatic carbocycles. The van der Waals surface area contributed by atoms with Crippen LogP contribution in [0, 0.1) is 23.2 Å². The van der Waals surface area contributed by atoms with Gasteiger partial charge in [0.25, 0.3) is 0 Å². The van der Waals surface area contributed by atoms with Crippen molar-refractivity contribution in [2.75, 3.05) is 44.2 Å². The highest BCUT2D eigenvalue weighted by atomic mass is 19.4. The number of carbonyl (C=O) groups is 1. The molecule has 7 heteroatoms. The maximum atomic E-state index is 13.0. The van der Waals surface area contributed by atoms with E-state index in [1.807, 2.05) is 4.90 Å². The Bertz CT molecular complexity index is 789. The standard InChI is InChI=1S/C23H30F3N3O/c24-23(25,26)18-2-1-3-20(13-18)29-8-6-28(7-9-29)5-4-27-21(30)22-14-16-10-17(15-22)12-19(22)11-16/h1-3,13,16-17,19H,4-12,14-15H2,(H,27,30)/t16-,17+,19?,22?. The van der Waals surface area contributed by atoms with E-state index in [0.717, 1.165) is 50.4 Å². The smallest absolute Gasteiger partial charge is 0.369 e. The van der Waals surface area contributed by atoms with Gasteiger partial charge in [-0.25, -0.2) is 0 Å².